The van der Waals surface area contributed by atoms with E-state index in [-0.39, 0.29) is 35.4 Å². The first-order chi connectivity index (χ1) is 22.5. The molecule has 0 heterocycles. The van der Waals surface area contributed by atoms with Crippen molar-refractivity contribution >= 4 is 55.1 Å². The predicted octanol–water partition coefficient (Wildman–Crippen LogP) is 7.11. The Morgan fingerprint density at radius 1 is 0.872 bits per heavy atom. The normalized spacial score (nSPS) is 12.0. The summed E-state index contributed by atoms with van der Waals surface area (Å²) in [5, 5.41) is 3.38. The molecule has 0 bridgehead atoms. The Hall–Kier alpha value is -3.86. The van der Waals surface area contributed by atoms with Crippen LogP contribution in [0.25, 0.3) is 0 Å². The average Bonchev–Trinajstić information content (AvgIpc) is 3.06. The number of anilines is 1. The predicted molar refractivity (Wildman–Crippen MR) is 190 cm³/mol. The molecular formula is C36H39BrClN3O5S. The zero-order valence-corrected chi connectivity index (χ0v) is 29.8. The number of amides is 2. The minimum absolute atomic E-state index is 0.0291. The van der Waals surface area contributed by atoms with Crippen LogP contribution < -0.4 is 14.4 Å². The Morgan fingerprint density at radius 2 is 1.51 bits per heavy atom. The van der Waals surface area contributed by atoms with Gasteiger partial charge in [0.1, 0.15) is 18.3 Å². The van der Waals surface area contributed by atoms with Crippen molar-refractivity contribution < 1.29 is 22.7 Å². The van der Waals surface area contributed by atoms with Crippen LogP contribution in [0.1, 0.15) is 31.9 Å². The molecule has 4 aromatic carbocycles. The number of nitrogens with zero attached hydrogens (tertiary/aromatic N) is 2. The van der Waals surface area contributed by atoms with E-state index in [2.05, 4.69) is 21.2 Å². The fourth-order valence-corrected chi connectivity index (χ4v) is 6.71. The number of rotatable bonds is 15. The third-order valence-electron chi connectivity index (χ3n) is 7.34. The van der Waals surface area contributed by atoms with E-state index in [1.54, 1.807) is 24.3 Å². The summed E-state index contributed by atoms with van der Waals surface area (Å²) in [5.74, 6) is -0.110. The lowest BCUT2D eigenvalue weighted by atomic mass is 10.0. The molecule has 1 unspecified atom stereocenters. The Bertz CT molecular complexity index is 1720. The highest BCUT2D eigenvalue weighted by Crippen LogP contribution is 2.28. The van der Waals surface area contributed by atoms with E-state index in [0.29, 0.717) is 23.9 Å². The van der Waals surface area contributed by atoms with Crippen LogP contribution in [0.3, 0.4) is 0 Å². The summed E-state index contributed by atoms with van der Waals surface area (Å²) in [6.45, 7) is 6.23. The van der Waals surface area contributed by atoms with Crippen molar-refractivity contribution in [1.29, 1.82) is 0 Å². The molecule has 248 valence electrons. The molecule has 0 saturated heterocycles. The molecule has 0 radical (unpaired) electrons. The topological polar surface area (TPSA) is 96.0 Å². The van der Waals surface area contributed by atoms with Gasteiger partial charge in [-0.05, 0) is 84.6 Å². The van der Waals surface area contributed by atoms with Crippen LogP contribution >= 0.6 is 27.5 Å². The molecular weight excluding hydrogens is 702 g/mol. The third kappa shape index (κ3) is 10.1. The van der Waals surface area contributed by atoms with Crippen LogP contribution in [0.2, 0.25) is 5.02 Å². The minimum Gasteiger partial charge on any atom is -0.494 e. The molecule has 0 fully saturated rings. The number of halogens is 2. The highest BCUT2D eigenvalue weighted by Gasteiger charge is 2.34. The van der Waals surface area contributed by atoms with Gasteiger partial charge in [-0.2, -0.15) is 0 Å². The highest BCUT2D eigenvalue weighted by atomic mass is 79.9. The van der Waals surface area contributed by atoms with Crippen molar-refractivity contribution in [3.63, 3.8) is 0 Å². The van der Waals surface area contributed by atoms with Gasteiger partial charge >= 0.3 is 0 Å². The van der Waals surface area contributed by atoms with E-state index in [1.807, 2.05) is 75.4 Å². The van der Waals surface area contributed by atoms with E-state index in [1.165, 1.54) is 29.2 Å². The number of benzene rings is 4. The number of nitrogens with one attached hydrogen (secondary N) is 1. The van der Waals surface area contributed by atoms with Crippen molar-refractivity contribution in [2.45, 2.75) is 44.7 Å². The average molecular weight is 741 g/mol. The monoisotopic (exact) mass is 739 g/mol. The lowest BCUT2D eigenvalue weighted by molar-refractivity contribution is -0.140. The van der Waals surface area contributed by atoms with Crippen LogP contribution in [0, 0.1) is 5.92 Å². The van der Waals surface area contributed by atoms with Gasteiger partial charge < -0.3 is 15.0 Å². The first-order valence-corrected chi connectivity index (χ1v) is 18.0. The minimum atomic E-state index is -4.25. The lowest BCUT2D eigenvalue weighted by Crippen LogP contribution is -2.53. The fourth-order valence-electron chi connectivity index (χ4n) is 4.90. The van der Waals surface area contributed by atoms with Gasteiger partial charge in [0.25, 0.3) is 10.0 Å². The Labute approximate surface area is 290 Å². The fraction of sp³-hybridized carbons (Fsp3) is 0.278. The first-order valence-electron chi connectivity index (χ1n) is 15.3. The van der Waals surface area contributed by atoms with Crippen molar-refractivity contribution in [3.05, 3.63) is 124 Å². The number of hydrogen-bond donors (Lipinski definition) is 1. The number of carbonyl (C=O) groups is 2. The molecule has 8 nitrogen and oxygen atoms in total. The van der Waals surface area contributed by atoms with Gasteiger partial charge in [-0.25, -0.2) is 8.42 Å². The van der Waals surface area contributed by atoms with Crippen LogP contribution in [-0.2, 0) is 32.6 Å². The third-order valence-corrected chi connectivity index (χ3v) is 9.91. The molecule has 0 aliphatic rings. The smallest absolute Gasteiger partial charge is 0.264 e. The molecule has 11 heteroatoms. The van der Waals surface area contributed by atoms with Gasteiger partial charge in [-0.3, -0.25) is 13.9 Å². The zero-order chi connectivity index (χ0) is 34.0. The Morgan fingerprint density at radius 3 is 2.11 bits per heavy atom. The van der Waals surface area contributed by atoms with E-state index in [9.17, 15) is 18.0 Å². The molecule has 2 amide bonds. The largest absolute Gasteiger partial charge is 0.494 e. The van der Waals surface area contributed by atoms with Crippen LogP contribution in [0.4, 0.5) is 5.69 Å². The van der Waals surface area contributed by atoms with Gasteiger partial charge in [0, 0.05) is 29.0 Å². The molecule has 0 aliphatic heterocycles. The van der Waals surface area contributed by atoms with Crippen LogP contribution in [0.15, 0.2) is 112 Å². The Balaban J connectivity index is 1.79. The summed E-state index contributed by atoms with van der Waals surface area (Å²) in [4.78, 5) is 29.9. The number of ether oxygens (including phenoxy) is 1. The molecule has 47 heavy (non-hydrogen) atoms. The lowest BCUT2D eigenvalue weighted by Gasteiger charge is -2.34. The van der Waals surface area contributed by atoms with Gasteiger partial charge in [0.05, 0.1) is 17.2 Å². The van der Waals surface area contributed by atoms with E-state index in [0.717, 1.165) is 19.9 Å². The maximum atomic E-state index is 14.6. The molecule has 0 spiro atoms. The maximum absolute atomic E-state index is 14.6. The molecule has 0 aromatic heterocycles. The van der Waals surface area contributed by atoms with Crippen LogP contribution in [0.5, 0.6) is 5.75 Å². The summed E-state index contributed by atoms with van der Waals surface area (Å²) in [6, 6.07) is 28.3. The van der Waals surface area contributed by atoms with E-state index < -0.39 is 28.5 Å². The van der Waals surface area contributed by atoms with Gasteiger partial charge in [-0.1, -0.05) is 83.8 Å². The SMILES string of the molecule is CCOc1ccc(N(CC(=O)N(Cc2ccc(Br)cc2)C(Cc2ccccc2)C(=O)NCC(C)C)S(=O)(=O)c2ccc(Cl)cc2)cc1. The number of hydrogen-bond acceptors (Lipinski definition) is 5. The quantitative estimate of drug-likeness (QED) is 0.140. The number of sulfonamides is 1. The van der Waals surface area contributed by atoms with E-state index >= 15 is 0 Å². The molecule has 1 atom stereocenters. The molecule has 4 rings (SSSR count). The van der Waals surface area contributed by atoms with Crippen LogP contribution in [-0.4, -0.2) is 50.9 Å². The Kier molecular flexibility index (Phi) is 12.9. The van der Waals surface area contributed by atoms with E-state index in [4.69, 9.17) is 16.3 Å². The zero-order valence-electron chi connectivity index (χ0n) is 26.6. The molecule has 0 saturated carbocycles. The van der Waals surface area contributed by atoms with Gasteiger partial charge in [0.15, 0.2) is 0 Å². The standard InChI is InChI=1S/C36H39BrClN3O5S/c1-4-46-32-18-16-31(17-19-32)41(47(44,45)33-20-14-30(38)15-21-33)25-35(42)40(24-28-10-12-29(37)13-11-28)34(36(43)39-23-26(2)3)22-27-8-6-5-7-9-27/h5-21,26,34H,4,22-25H2,1-3H3,(H,39,43). The second-order valence-electron chi connectivity index (χ2n) is 11.4. The second kappa shape index (κ2) is 16.8. The van der Waals surface area contributed by atoms with Gasteiger partial charge in [0.2, 0.25) is 11.8 Å². The van der Waals surface area contributed by atoms with Crippen molar-refractivity contribution in [1.82, 2.24) is 10.2 Å². The summed E-state index contributed by atoms with van der Waals surface area (Å²) in [5.41, 5.74) is 1.91. The highest BCUT2D eigenvalue weighted by molar-refractivity contribution is 9.10. The molecule has 0 aliphatic carbocycles. The molecule has 4 aromatic rings. The summed E-state index contributed by atoms with van der Waals surface area (Å²) in [6.07, 6.45) is 0.236. The summed E-state index contributed by atoms with van der Waals surface area (Å²) < 4.78 is 35.9. The number of carbonyl (C=O) groups excluding carboxylic acids is 2. The summed E-state index contributed by atoms with van der Waals surface area (Å²) >= 11 is 9.53. The second-order valence-corrected chi connectivity index (χ2v) is 14.6. The maximum Gasteiger partial charge on any atom is 0.264 e. The van der Waals surface area contributed by atoms with Gasteiger partial charge in [-0.15, -0.1) is 0 Å². The summed E-state index contributed by atoms with van der Waals surface area (Å²) in [7, 11) is -4.25. The van der Waals surface area contributed by atoms with Crippen molar-refractivity contribution in [2.24, 2.45) is 5.92 Å². The first kappa shape index (κ1) is 36.0. The van der Waals surface area contributed by atoms with Crippen molar-refractivity contribution in [3.8, 4) is 5.75 Å². The van der Waals surface area contributed by atoms with Crippen molar-refractivity contribution in [2.75, 3.05) is 24.0 Å². The molecule has 1 N–H and O–H groups in total.